The smallest absolute Gasteiger partial charge is 0.276 e. The second kappa shape index (κ2) is 9.52. The molecule has 8 nitrogen and oxygen atoms in total. The van der Waals surface area contributed by atoms with Crippen LogP contribution in [0.2, 0.25) is 0 Å². The zero-order valence-corrected chi connectivity index (χ0v) is 18.6. The van der Waals surface area contributed by atoms with Crippen LogP contribution in [0.25, 0.3) is 0 Å². The first-order valence-corrected chi connectivity index (χ1v) is 10.4. The fourth-order valence-electron chi connectivity index (χ4n) is 3.65. The predicted octanol–water partition coefficient (Wildman–Crippen LogP) is 3.69. The Hall–Kier alpha value is -4.20. The molecule has 33 heavy (non-hydrogen) atoms. The molecular formula is C25H25N3O5. The van der Waals surface area contributed by atoms with Crippen LogP contribution in [0.1, 0.15) is 27.7 Å². The second-order valence-corrected chi connectivity index (χ2v) is 7.47. The summed E-state index contributed by atoms with van der Waals surface area (Å²) < 4.78 is 16.4. The number of ether oxygens (including phenoxy) is 3. The number of carbonyl (C=O) groups excluding carboxylic acids is 2. The first-order valence-electron chi connectivity index (χ1n) is 10.4. The number of amides is 2. The van der Waals surface area contributed by atoms with Crippen LogP contribution in [0.4, 0.5) is 5.69 Å². The minimum absolute atomic E-state index is 0.241. The highest BCUT2D eigenvalue weighted by Gasteiger charge is 2.34. The van der Waals surface area contributed by atoms with Crippen LogP contribution in [0.5, 0.6) is 17.2 Å². The largest absolute Gasteiger partial charge is 0.493 e. The second-order valence-electron chi connectivity index (χ2n) is 7.47. The lowest BCUT2D eigenvalue weighted by molar-refractivity contribution is -0.127. The zero-order chi connectivity index (χ0) is 23.4. The molecule has 2 N–H and O–H groups in total. The van der Waals surface area contributed by atoms with Crippen molar-refractivity contribution in [2.24, 2.45) is 0 Å². The molecule has 0 bridgehead atoms. The summed E-state index contributed by atoms with van der Waals surface area (Å²) >= 11 is 0. The van der Waals surface area contributed by atoms with Gasteiger partial charge in [-0.3, -0.25) is 15.0 Å². The lowest BCUT2D eigenvalue weighted by Gasteiger charge is -2.37. The normalized spacial score (nSPS) is 14.7. The van der Waals surface area contributed by atoms with E-state index in [9.17, 15) is 9.59 Å². The summed E-state index contributed by atoms with van der Waals surface area (Å²) in [5.74, 6) is 0.882. The van der Waals surface area contributed by atoms with Crippen LogP contribution < -0.4 is 25.0 Å². The topological polar surface area (TPSA) is 89.1 Å². The summed E-state index contributed by atoms with van der Waals surface area (Å²) in [5, 5.41) is 4.59. The molecular weight excluding hydrogens is 422 g/mol. The molecule has 0 spiro atoms. The molecule has 4 rings (SSSR count). The van der Waals surface area contributed by atoms with Gasteiger partial charge in [0, 0.05) is 11.3 Å². The van der Waals surface area contributed by atoms with Gasteiger partial charge in [0.1, 0.15) is 11.9 Å². The first-order chi connectivity index (χ1) is 16.0. The van der Waals surface area contributed by atoms with Gasteiger partial charge in [-0.25, -0.2) is 5.01 Å². The number of para-hydroxylation sites is 2. The van der Waals surface area contributed by atoms with E-state index >= 15 is 0 Å². The van der Waals surface area contributed by atoms with Gasteiger partial charge in [-0.05, 0) is 42.8 Å². The molecule has 0 fully saturated rings. The maximum absolute atomic E-state index is 13.3. The number of rotatable bonds is 7. The van der Waals surface area contributed by atoms with E-state index in [2.05, 4.69) is 10.7 Å². The maximum atomic E-state index is 13.3. The lowest BCUT2D eigenvalue weighted by Crippen LogP contribution is -2.53. The average molecular weight is 447 g/mol. The van der Waals surface area contributed by atoms with Gasteiger partial charge < -0.3 is 19.5 Å². The van der Waals surface area contributed by atoms with E-state index in [0.29, 0.717) is 34.1 Å². The van der Waals surface area contributed by atoms with E-state index in [1.54, 1.807) is 44.6 Å². The van der Waals surface area contributed by atoms with Gasteiger partial charge in [0.2, 0.25) is 0 Å². The minimum Gasteiger partial charge on any atom is -0.493 e. The SMILES string of the molecule is COc1ccc(C2Nc3ccccc3C(=O)N2NC(=O)COc2ccccc2C)cc1OC. The molecule has 0 radical (unpaired) electrons. The van der Waals surface area contributed by atoms with E-state index in [-0.39, 0.29) is 12.5 Å². The van der Waals surface area contributed by atoms with Crippen LogP contribution in [0.15, 0.2) is 66.7 Å². The van der Waals surface area contributed by atoms with Crippen molar-refractivity contribution >= 4 is 17.5 Å². The molecule has 0 saturated carbocycles. The van der Waals surface area contributed by atoms with E-state index in [1.165, 1.54) is 5.01 Å². The average Bonchev–Trinajstić information content (AvgIpc) is 2.84. The molecule has 1 heterocycles. The third kappa shape index (κ3) is 4.55. The van der Waals surface area contributed by atoms with Crippen molar-refractivity contribution in [3.8, 4) is 17.2 Å². The van der Waals surface area contributed by atoms with Gasteiger partial charge in [0.05, 0.1) is 19.8 Å². The maximum Gasteiger partial charge on any atom is 0.276 e. The quantitative estimate of drug-likeness (QED) is 0.574. The number of carbonyl (C=O) groups is 2. The number of hydrogen-bond acceptors (Lipinski definition) is 6. The van der Waals surface area contributed by atoms with E-state index < -0.39 is 12.1 Å². The number of fused-ring (bicyclic) bond motifs is 1. The highest BCUT2D eigenvalue weighted by molar-refractivity contribution is 6.02. The van der Waals surface area contributed by atoms with E-state index in [4.69, 9.17) is 14.2 Å². The molecule has 1 aliphatic rings. The fraction of sp³-hybridized carbons (Fsp3) is 0.200. The van der Waals surface area contributed by atoms with Crippen molar-refractivity contribution in [2.45, 2.75) is 13.1 Å². The van der Waals surface area contributed by atoms with Crippen LogP contribution >= 0.6 is 0 Å². The molecule has 0 aliphatic carbocycles. The summed E-state index contributed by atoms with van der Waals surface area (Å²) in [5.41, 5.74) is 5.44. The Morgan fingerprint density at radius 1 is 0.970 bits per heavy atom. The Morgan fingerprint density at radius 3 is 2.45 bits per heavy atom. The van der Waals surface area contributed by atoms with Gasteiger partial charge >= 0.3 is 0 Å². The molecule has 1 unspecified atom stereocenters. The Balaban J connectivity index is 1.61. The number of nitrogens with one attached hydrogen (secondary N) is 2. The Morgan fingerprint density at radius 2 is 1.70 bits per heavy atom. The summed E-state index contributed by atoms with van der Waals surface area (Å²) in [4.78, 5) is 26.1. The van der Waals surface area contributed by atoms with Crippen molar-refractivity contribution in [3.05, 3.63) is 83.4 Å². The van der Waals surface area contributed by atoms with Crippen LogP contribution in [-0.2, 0) is 4.79 Å². The van der Waals surface area contributed by atoms with E-state index in [0.717, 1.165) is 5.56 Å². The number of benzene rings is 3. The zero-order valence-electron chi connectivity index (χ0n) is 18.6. The first kappa shape index (κ1) is 22.0. The number of hydrazine groups is 1. The number of hydrogen-bond donors (Lipinski definition) is 2. The molecule has 3 aromatic carbocycles. The van der Waals surface area contributed by atoms with Crippen molar-refractivity contribution in [1.29, 1.82) is 0 Å². The van der Waals surface area contributed by atoms with Crippen molar-refractivity contribution in [1.82, 2.24) is 10.4 Å². The van der Waals surface area contributed by atoms with Crippen molar-refractivity contribution < 1.29 is 23.8 Å². The van der Waals surface area contributed by atoms with Gasteiger partial charge in [-0.15, -0.1) is 0 Å². The Kier molecular flexibility index (Phi) is 6.35. The number of anilines is 1. The molecule has 0 saturated heterocycles. The molecule has 1 aliphatic heterocycles. The van der Waals surface area contributed by atoms with E-state index in [1.807, 2.05) is 43.3 Å². The lowest BCUT2D eigenvalue weighted by atomic mass is 10.0. The highest BCUT2D eigenvalue weighted by atomic mass is 16.5. The number of aryl methyl sites for hydroxylation is 1. The Bertz CT molecular complexity index is 1180. The summed E-state index contributed by atoms with van der Waals surface area (Å²) in [6, 6.07) is 19.9. The molecule has 3 aromatic rings. The third-order valence-electron chi connectivity index (χ3n) is 5.35. The number of nitrogens with zero attached hydrogens (tertiary/aromatic N) is 1. The van der Waals surface area contributed by atoms with Crippen LogP contribution in [0, 0.1) is 6.92 Å². The fourth-order valence-corrected chi connectivity index (χ4v) is 3.65. The van der Waals surface area contributed by atoms with Gasteiger partial charge in [-0.2, -0.15) is 0 Å². The predicted molar refractivity (Wildman–Crippen MR) is 123 cm³/mol. The third-order valence-corrected chi connectivity index (χ3v) is 5.35. The van der Waals surface area contributed by atoms with Gasteiger partial charge in [0.25, 0.3) is 11.8 Å². The number of methoxy groups -OCH3 is 2. The van der Waals surface area contributed by atoms with Crippen molar-refractivity contribution in [2.75, 3.05) is 26.1 Å². The molecule has 1 atom stereocenters. The highest BCUT2D eigenvalue weighted by Crippen LogP contribution is 2.36. The van der Waals surface area contributed by atoms with Crippen LogP contribution in [0.3, 0.4) is 0 Å². The molecule has 8 heteroatoms. The summed E-state index contributed by atoms with van der Waals surface area (Å²) in [6.45, 7) is 1.66. The summed E-state index contributed by atoms with van der Waals surface area (Å²) in [7, 11) is 3.09. The molecule has 0 aromatic heterocycles. The van der Waals surface area contributed by atoms with Gasteiger partial charge in [-0.1, -0.05) is 36.4 Å². The van der Waals surface area contributed by atoms with Gasteiger partial charge in [0.15, 0.2) is 18.1 Å². The monoisotopic (exact) mass is 447 g/mol. The van der Waals surface area contributed by atoms with Crippen LogP contribution in [-0.4, -0.2) is 37.6 Å². The molecule has 2 amide bonds. The molecule has 170 valence electrons. The van der Waals surface area contributed by atoms with Crippen molar-refractivity contribution in [3.63, 3.8) is 0 Å². The summed E-state index contributed by atoms with van der Waals surface area (Å²) in [6.07, 6.45) is -0.672. The Labute approximate surface area is 192 Å². The minimum atomic E-state index is -0.672. The standard InChI is InChI=1S/C25H25N3O5/c1-16-8-4-7-11-20(16)33-15-23(29)27-28-24(17-12-13-21(31-2)22(14-17)32-3)26-19-10-6-5-9-18(19)25(28)30/h4-14,24,26H,15H2,1-3H3,(H,27,29).